The SMILES string of the molecule is COCC(C)N(C)C(=O)Nc1c(Br)cc(Br)cc1C(=O)O. The summed E-state index contributed by atoms with van der Waals surface area (Å²) in [5, 5.41) is 11.8. The van der Waals surface area contributed by atoms with Gasteiger partial charge in [0.2, 0.25) is 0 Å². The second-order valence-corrected chi connectivity index (χ2v) is 6.23. The van der Waals surface area contributed by atoms with Crippen molar-refractivity contribution in [1.82, 2.24) is 4.90 Å². The number of amides is 2. The first-order chi connectivity index (χ1) is 9.77. The van der Waals surface area contributed by atoms with Crippen molar-refractivity contribution >= 4 is 49.5 Å². The van der Waals surface area contributed by atoms with Gasteiger partial charge in [0.15, 0.2) is 0 Å². The van der Waals surface area contributed by atoms with Gasteiger partial charge in [-0.1, -0.05) is 15.9 Å². The summed E-state index contributed by atoms with van der Waals surface area (Å²) in [6.07, 6.45) is 0. The number of urea groups is 1. The summed E-state index contributed by atoms with van der Waals surface area (Å²) in [6.45, 7) is 2.22. The van der Waals surface area contributed by atoms with Crippen LogP contribution in [-0.4, -0.2) is 48.8 Å². The number of anilines is 1. The number of carboxylic acid groups (broad SMARTS) is 1. The number of nitrogens with zero attached hydrogens (tertiary/aromatic N) is 1. The summed E-state index contributed by atoms with van der Waals surface area (Å²) >= 11 is 6.48. The predicted octanol–water partition coefficient (Wildman–Crippen LogP) is 3.41. The van der Waals surface area contributed by atoms with Crippen LogP contribution in [0, 0.1) is 0 Å². The number of carbonyl (C=O) groups excluding carboxylic acids is 1. The fraction of sp³-hybridized carbons (Fsp3) is 0.385. The van der Waals surface area contributed by atoms with E-state index in [4.69, 9.17) is 4.74 Å². The van der Waals surface area contributed by atoms with Crippen molar-refractivity contribution in [2.24, 2.45) is 0 Å². The fourth-order valence-corrected chi connectivity index (χ4v) is 2.94. The lowest BCUT2D eigenvalue weighted by Gasteiger charge is -2.25. The summed E-state index contributed by atoms with van der Waals surface area (Å²) in [4.78, 5) is 24.9. The highest BCUT2D eigenvalue weighted by molar-refractivity contribution is 9.11. The predicted molar refractivity (Wildman–Crippen MR) is 86.9 cm³/mol. The van der Waals surface area contributed by atoms with Crippen molar-refractivity contribution in [1.29, 1.82) is 0 Å². The Labute approximate surface area is 139 Å². The maximum atomic E-state index is 12.2. The van der Waals surface area contributed by atoms with Crippen LogP contribution in [0.1, 0.15) is 17.3 Å². The van der Waals surface area contributed by atoms with Crippen LogP contribution in [0.2, 0.25) is 0 Å². The van der Waals surface area contributed by atoms with Crippen LogP contribution in [0.25, 0.3) is 0 Å². The molecule has 0 saturated heterocycles. The number of halogens is 2. The summed E-state index contributed by atoms with van der Waals surface area (Å²) in [6, 6.07) is 2.55. The topological polar surface area (TPSA) is 78.9 Å². The molecule has 1 aromatic rings. The van der Waals surface area contributed by atoms with E-state index in [1.165, 1.54) is 11.0 Å². The number of carboxylic acids is 1. The fourth-order valence-electron chi connectivity index (χ4n) is 1.62. The Hall–Kier alpha value is -1.12. The van der Waals surface area contributed by atoms with E-state index < -0.39 is 12.0 Å². The Bertz CT molecular complexity index is 551. The van der Waals surface area contributed by atoms with Crippen LogP contribution in [-0.2, 0) is 4.74 Å². The third-order valence-electron chi connectivity index (χ3n) is 2.91. The monoisotopic (exact) mass is 422 g/mol. The van der Waals surface area contributed by atoms with Gasteiger partial charge < -0.3 is 20.1 Å². The summed E-state index contributed by atoms with van der Waals surface area (Å²) < 4.78 is 6.08. The van der Waals surface area contributed by atoms with Gasteiger partial charge in [0, 0.05) is 23.1 Å². The van der Waals surface area contributed by atoms with Crippen LogP contribution in [0.3, 0.4) is 0 Å². The van der Waals surface area contributed by atoms with Gasteiger partial charge in [0.1, 0.15) is 0 Å². The van der Waals surface area contributed by atoms with Gasteiger partial charge in [-0.2, -0.15) is 0 Å². The number of aromatic carboxylic acids is 1. The Morgan fingerprint density at radius 2 is 2.05 bits per heavy atom. The van der Waals surface area contributed by atoms with Crippen LogP contribution in [0.4, 0.5) is 10.5 Å². The largest absolute Gasteiger partial charge is 0.478 e. The van der Waals surface area contributed by atoms with Gasteiger partial charge in [0.05, 0.1) is 23.9 Å². The molecule has 1 rings (SSSR count). The number of likely N-dealkylation sites (N-methyl/N-ethyl adjacent to an activating group) is 1. The molecule has 0 aromatic heterocycles. The second-order valence-electron chi connectivity index (χ2n) is 4.46. The first-order valence-corrected chi connectivity index (χ1v) is 7.61. The van der Waals surface area contributed by atoms with Gasteiger partial charge in [-0.05, 0) is 35.0 Å². The first-order valence-electron chi connectivity index (χ1n) is 6.03. The minimum atomic E-state index is -1.13. The molecule has 0 aliphatic rings. The Morgan fingerprint density at radius 1 is 1.43 bits per heavy atom. The summed E-state index contributed by atoms with van der Waals surface area (Å²) in [7, 11) is 3.17. The van der Waals surface area contributed by atoms with Crippen LogP contribution in [0.15, 0.2) is 21.1 Å². The highest BCUT2D eigenvalue weighted by atomic mass is 79.9. The molecule has 2 N–H and O–H groups in total. The molecule has 1 atom stereocenters. The summed E-state index contributed by atoms with van der Waals surface area (Å²) in [5.41, 5.74) is 0.213. The average Bonchev–Trinajstić information content (AvgIpc) is 2.40. The molecule has 0 spiro atoms. The molecule has 0 bridgehead atoms. The number of hydrogen-bond donors (Lipinski definition) is 2. The van der Waals surface area contributed by atoms with Crippen molar-refractivity contribution in [3.8, 4) is 0 Å². The zero-order valence-electron chi connectivity index (χ0n) is 11.8. The van der Waals surface area contributed by atoms with E-state index in [1.807, 2.05) is 6.92 Å². The Kier molecular flexibility index (Phi) is 6.63. The van der Waals surface area contributed by atoms with Crippen molar-refractivity contribution < 1.29 is 19.4 Å². The van der Waals surface area contributed by atoms with Gasteiger partial charge in [-0.3, -0.25) is 0 Å². The first kappa shape index (κ1) is 17.9. The molecule has 0 saturated carbocycles. The molecule has 0 fully saturated rings. The molecule has 0 aliphatic heterocycles. The number of methoxy groups -OCH3 is 1. The molecule has 1 unspecified atom stereocenters. The van der Waals surface area contributed by atoms with Crippen molar-refractivity contribution in [3.05, 3.63) is 26.6 Å². The normalized spacial score (nSPS) is 11.9. The van der Waals surface area contributed by atoms with E-state index in [0.717, 1.165) is 0 Å². The van der Waals surface area contributed by atoms with E-state index in [1.54, 1.807) is 20.2 Å². The molecule has 116 valence electrons. The molecular formula is C13H16Br2N2O4. The van der Waals surface area contributed by atoms with E-state index in [2.05, 4.69) is 37.2 Å². The molecule has 21 heavy (non-hydrogen) atoms. The van der Waals surface area contributed by atoms with Gasteiger partial charge >= 0.3 is 12.0 Å². The van der Waals surface area contributed by atoms with Crippen LogP contribution >= 0.6 is 31.9 Å². The lowest BCUT2D eigenvalue weighted by atomic mass is 10.2. The minimum Gasteiger partial charge on any atom is -0.478 e. The van der Waals surface area contributed by atoms with E-state index in [9.17, 15) is 14.7 Å². The molecule has 6 nitrogen and oxygen atoms in total. The number of nitrogens with one attached hydrogen (secondary N) is 1. The lowest BCUT2D eigenvalue weighted by Crippen LogP contribution is -2.40. The quantitative estimate of drug-likeness (QED) is 0.760. The Morgan fingerprint density at radius 3 is 2.57 bits per heavy atom. The molecule has 8 heteroatoms. The third-order valence-corrected chi connectivity index (χ3v) is 3.99. The van der Waals surface area contributed by atoms with Gasteiger partial charge in [0.25, 0.3) is 0 Å². The van der Waals surface area contributed by atoms with Crippen LogP contribution < -0.4 is 5.32 Å². The number of rotatable bonds is 5. The van der Waals surface area contributed by atoms with Crippen molar-refractivity contribution in [2.75, 3.05) is 26.1 Å². The van der Waals surface area contributed by atoms with E-state index in [-0.39, 0.29) is 17.3 Å². The van der Waals surface area contributed by atoms with Gasteiger partial charge in [-0.15, -0.1) is 0 Å². The molecule has 1 aromatic carbocycles. The zero-order chi connectivity index (χ0) is 16.2. The van der Waals surface area contributed by atoms with Crippen LogP contribution in [0.5, 0.6) is 0 Å². The maximum Gasteiger partial charge on any atom is 0.337 e. The van der Waals surface area contributed by atoms with E-state index in [0.29, 0.717) is 15.6 Å². The van der Waals surface area contributed by atoms with E-state index >= 15 is 0 Å². The molecule has 2 amide bonds. The average molecular weight is 424 g/mol. The third kappa shape index (κ3) is 4.69. The molecule has 0 aliphatic carbocycles. The smallest absolute Gasteiger partial charge is 0.337 e. The molecular weight excluding hydrogens is 408 g/mol. The standard InChI is InChI=1S/C13H16Br2N2O4/c1-7(6-21-3)17(2)13(20)16-11-9(12(18)19)4-8(14)5-10(11)15/h4-5,7H,6H2,1-3H3,(H,16,20)(H,18,19). The highest BCUT2D eigenvalue weighted by Crippen LogP contribution is 2.31. The van der Waals surface area contributed by atoms with Crippen molar-refractivity contribution in [3.63, 3.8) is 0 Å². The number of hydrogen-bond acceptors (Lipinski definition) is 3. The molecule has 0 heterocycles. The number of benzene rings is 1. The van der Waals surface area contributed by atoms with Gasteiger partial charge in [-0.25, -0.2) is 9.59 Å². The Balaban J connectivity index is 3.02. The zero-order valence-corrected chi connectivity index (χ0v) is 15.0. The highest BCUT2D eigenvalue weighted by Gasteiger charge is 2.21. The second kappa shape index (κ2) is 7.77. The summed E-state index contributed by atoms with van der Waals surface area (Å²) in [5.74, 6) is -1.13. The lowest BCUT2D eigenvalue weighted by molar-refractivity contribution is 0.0698. The minimum absolute atomic E-state index is 0.00241. The molecule has 0 radical (unpaired) electrons. The number of carbonyl (C=O) groups is 2. The number of ether oxygens (including phenoxy) is 1. The maximum absolute atomic E-state index is 12.2. The van der Waals surface area contributed by atoms with Crippen molar-refractivity contribution in [2.45, 2.75) is 13.0 Å².